The van der Waals surface area contributed by atoms with E-state index >= 15 is 0 Å². The van der Waals surface area contributed by atoms with Crippen LogP contribution in [0.25, 0.3) is 10.1 Å². The highest BCUT2D eigenvalue weighted by atomic mass is 32.1. The Balaban J connectivity index is 1.82. The van der Waals surface area contributed by atoms with Gasteiger partial charge in [0.15, 0.2) is 11.5 Å². The predicted octanol–water partition coefficient (Wildman–Crippen LogP) is 5.19. The van der Waals surface area contributed by atoms with Crippen LogP contribution in [0.15, 0.2) is 47.8 Å². The highest BCUT2D eigenvalue weighted by Gasteiger charge is 2.32. The molecule has 0 saturated carbocycles. The maximum atomic E-state index is 11.7. The smallest absolute Gasteiger partial charge is 0.307 e. The molecule has 4 rings (SSSR count). The normalized spacial score (nSPS) is 18.3. The van der Waals surface area contributed by atoms with Gasteiger partial charge in [-0.05, 0) is 66.4 Å². The van der Waals surface area contributed by atoms with Crippen molar-refractivity contribution in [3.05, 3.63) is 59.0 Å². The highest BCUT2D eigenvalue weighted by Crippen LogP contribution is 2.41. The molecular formula is C24H27NO4S. The third-order valence-corrected chi connectivity index (χ3v) is 6.76. The summed E-state index contributed by atoms with van der Waals surface area (Å²) in [5.74, 6) is 0.375. The van der Waals surface area contributed by atoms with Crippen molar-refractivity contribution in [1.82, 2.24) is 4.90 Å². The molecule has 2 heterocycles. The van der Waals surface area contributed by atoms with Gasteiger partial charge in [-0.25, -0.2) is 0 Å². The van der Waals surface area contributed by atoms with E-state index in [1.165, 1.54) is 15.6 Å². The van der Waals surface area contributed by atoms with Gasteiger partial charge in [0, 0.05) is 11.2 Å². The number of thiophene rings is 1. The summed E-state index contributed by atoms with van der Waals surface area (Å²) in [4.78, 5) is 14.0. The number of ether oxygens (including phenoxy) is 2. The van der Waals surface area contributed by atoms with Gasteiger partial charge in [0.2, 0.25) is 0 Å². The summed E-state index contributed by atoms with van der Waals surface area (Å²) in [6, 6.07) is 14.4. The molecule has 1 aliphatic heterocycles. The van der Waals surface area contributed by atoms with Crippen LogP contribution in [0.5, 0.6) is 11.5 Å². The molecule has 1 aromatic heterocycles. The second-order valence-corrected chi connectivity index (χ2v) is 8.52. The van der Waals surface area contributed by atoms with Crippen LogP contribution in [0.2, 0.25) is 0 Å². The molecule has 30 heavy (non-hydrogen) atoms. The summed E-state index contributed by atoms with van der Waals surface area (Å²) in [6.07, 6.45) is 1.61. The average molecular weight is 426 g/mol. The third-order valence-electron chi connectivity index (χ3n) is 5.78. The number of carbonyl (C=O) groups is 1. The zero-order chi connectivity index (χ0) is 21.1. The molecular weight excluding hydrogens is 398 g/mol. The van der Waals surface area contributed by atoms with Crippen molar-refractivity contribution in [2.45, 2.75) is 25.8 Å². The largest absolute Gasteiger partial charge is 0.493 e. The van der Waals surface area contributed by atoms with Gasteiger partial charge < -0.3 is 14.6 Å². The molecule has 1 saturated heterocycles. The lowest BCUT2D eigenvalue weighted by Crippen LogP contribution is -2.41. The van der Waals surface area contributed by atoms with Gasteiger partial charge in [-0.3, -0.25) is 9.69 Å². The summed E-state index contributed by atoms with van der Waals surface area (Å²) < 4.78 is 12.5. The number of hydrogen-bond acceptors (Lipinski definition) is 5. The van der Waals surface area contributed by atoms with Crippen LogP contribution in [-0.4, -0.2) is 42.8 Å². The number of nitrogens with zero attached hydrogens (tertiary/aromatic N) is 1. The molecule has 2 atom stereocenters. The number of likely N-dealkylation sites (tertiary alicyclic amines) is 1. The van der Waals surface area contributed by atoms with Crippen molar-refractivity contribution in [3.8, 4) is 11.5 Å². The van der Waals surface area contributed by atoms with Crippen molar-refractivity contribution < 1.29 is 19.4 Å². The molecule has 0 radical (unpaired) electrons. The van der Waals surface area contributed by atoms with Gasteiger partial charge in [0.25, 0.3) is 0 Å². The molecule has 0 spiro atoms. The van der Waals surface area contributed by atoms with E-state index in [9.17, 15) is 9.90 Å². The number of benzene rings is 2. The fourth-order valence-corrected chi connectivity index (χ4v) is 5.35. The zero-order valence-corrected chi connectivity index (χ0v) is 18.2. The lowest BCUT2D eigenvalue weighted by molar-refractivity contribution is -0.143. The number of piperidine rings is 1. The minimum absolute atomic E-state index is 0.0339. The van der Waals surface area contributed by atoms with Crippen LogP contribution in [0.4, 0.5) is 0 Å². The Hall–Kier alpha value is -2.57. The van der Waals surface area contributed by atoms with Crippen LogP contribution in [0.1, 0.15) is 36.9 Å². The summed E-state index contributed by atoms with van der Waals surface area (Å²) in [5.41, 5.74) is 2.31. The fourth-order valence-electron chi connectivity index (χ4n) is 4.37. The number of carboxylic acids is 1. The van der Waals surface area contributed by atoms with Crippen LogP contribution in [0.3, 0.4) is 0 Å². The second-order valence-electron chi connectivity index (χ2n) is 7.61. The van der Waals surface area contributed by atoms with Crippen molar-refractivity contribution >= 4 is 27.4 Å². The van der Waals surface area contributed by atoms with E-state index < -0.39 is 5.97 Å². The van der Waals surface area contributed by atoms with Gasteiger partial charge in [-0.1, -0.05) is 24.3 Å². The minimum Gasteiger partial charge on any atom is -0.493 e. The minimum atomic E-state index is -0.710. The molecule has 2 aromatic carbocycles. The Bertz CT molecular complexity index is 1030. The standard InChI is InChI=1S/C24H27NO4S/c1-3-29-21-13-16(10-11-20(21)28-2)23(25-12-6-7-17(14-25)24(26)27)19-15-30-22-9-5-4-8-18(19)22/h4-5,8-11,13,15,17,23H,3,6-7,12,14H2,1-2H3,(H,26,27). The van der Waals surface area contributed by atoms with Crippen LogP contribution in [0, 0.1) is 5.92 Å². The number of fused-ring (bicyclic) bond motifs is 1. The van der Waals surface area contributed by atoms with Gasteiger partial charge in [0.05, 0.1) is 25.7 Å². The van der Waals surface area contributed by atoms with Gasteiger partial charge >= 0.3 is 5.97 Å². The Kier molecular flexibility index (Phi) is 6.25. The number of hydrogen-bond donors (Lipinski definition) is 1. The Morgan fingerprint density at radius 2 is 2.10 bits per heavy atom. The molecule has 5 nitrogen and oxygen atoms in total. The maximum Gasteiger partial charge on any atom is 0.307 e. The zero-order valence-electron chi connectivity index (χ0n) is 17.3. The summed E-state index contributed by atoms with van der Waals surface area (Å²) in [5, 5.41) is 13.1. The average Bonchev–Trinajstić information content (AvgIpc) is 3.18. The number of rotatable bonds is 7. The number of methoxy groups -OCH3 is 1. The molecule has 1 fully saturated rings. The first kappa shape index (κ1) is 20.7. The first-order valence-electron chi connectivity index (χ1n) is 10.4. The highest BCUT2D eigenvalue weighted by molar-refractivity contribution is 7.17. The van der Waals surface area contributed by atoms with E-state index in [0.717, 1.165) is 24.9 Å². The van der Waals surface area contributed by atoms with Crippen molar-refractivity contribution in [1.29, 1.82) is 0 Å². The molecule has 2 unspecified atom stereocenters. The van der Waals surface area contributed by atoms with E-state index in [2.05, 4.69) is 40.6 Å². The summed E-state index contributed by atoms with van der Waals surface area (Å²) >= 11 is 1.73. The van der Waals surface area contributed by atoms with E-state index in [1.54, 1.807) is 18.4 Å². The van der Waals surface area contributed by atoms with Crippen molar-refractivity contribution in [2.24, 2.45) is 5.92 Å². The van der Waals surface area contributed by atoms with Crippen molar-refractivity contribution in [2.75, 3.05) is 26.8 Å². The molecule has 1 aliphatic rings. The fraction of sp³-hybridized carbons (Fsp3) is 0.375. The van der Waals surface area contributed by atoms with Gasteiger partial charge in [-0.15, -0.1) is 11.3 Å². The molecule has 0 aliphatic carbocycles. The number of aliphatic carboxylic acids is 1. The van der Waals surface area contributed by atoms with Crippen LogP contribution < -0.4 is 9.47 Å². The molecule has 1 N–H and O–H groups in total. The van der Waals surface area contributed by atoms with E-state index in [1.807, 2.05) is 19.1 Å². The lowest BCUT2D eigenvalue weighted by atomic mass is 9.91. The predicted molar refractivity (Wildman–Crippen MR) is 120 cm³/mol. The molecule has 3 aromatic rings. The molecule has 0 bridgehead atoms. The van der Waals surface area contributed by atoms with Gasteiger partial charge in [0.1, 0.15) is 0 Å². The summed E-state index contributed by atoms with van der Waals surface area (Å²) in [6.45, 7) is 3.92. The van der Waals surface area contributed by atoms with Crippen LogP contribution in [-0.2, 0) is 4.79 Å². The monoisotopic (exact) mass is 425 g/mol. The summed E-state index contributed by atoms with van der Waals surface area (Å²) in [7, 11) is 1.64. The Morgan fingerprint density at radius 3 is 2.87 bits per heavy atom. The lowest BCUT2D eigenvalue weighted by Gasteiger charge is -2.37. The molecule has 0 amide bonds. The quantitative estimate of drug-likeness (QED) is 0.564. The molecule has 6 heteroatoms. The maximum absolute atomic E-state index is 11.7. The SMILES string of the molecule is CCOc1cc(C(c2csc3ccccc23)N2CCCC(C(=O)O)C2)ccc1OC. The van der Waals surface area contributed by atoms with Crippen LogP contribution >= 0.6 is 11.3 Å². The first-order valence-corrected chi connectivity index (χ1v) is 11.2. The first-order chi connectivity index (χ1) is 14.6. The molecule has 158 valence electrons. The van der Waals surface area contributed by atoms with E-state index in [4.69, 9.17) is 9.47 Å². The number of carboxylic acid groups (broad SMARTS) is 1. The third kappa shape index (κ3) is 4.02. The second kappa shape index (κ2) is 9.06. The topological polar surface area (TPSA) is 59.0 Å². The van der Waals surface area contributed by atoms with Crippen molar-refractivity contribution in [3.63, 3.8) is 0 Å². The van der Waals surface area contributed by atoms with E-state index in [-0.39, 0.29) is 12.0 Å². The Morgan fingerprint density at radius 1 is 1.27 bits per heavy atom. The van der Waals surface area contributed by atoms with Gasteiger partial charge in [-0.2, -0.15) is 0 Å². The Labute approximate surface area is 180 Å². The van der Waals surface area contributed by atoms with E-state index in [0.29, 0.717) is 24.7 Å².